The number of nitrogens with one attached hydrogen (secondary N) is 1. The van der Waals surface area contributed by atoms with Gasteiger partial charge in [-0.2, -0.15) is 0 Å². The van der Waals surface area contributed by atoms with Crippen LogP contribution >= 0.6 is 0 Å². The molecule has 0 spiro atoms. The SMILES string of the molecule is Cc1ccc(-c2nnc(Nc3cccc(C(=O)O)c3)c(N)n2)cc1. The second kappa shape index (κ2) is 6.33. The van der Waals surface area contributed by atoms with Crippen molar-refractivity contribution < 1.29 is 9.90 Å². The zero-order valence-electron chi connectivity index (χ0n) is 12.9. The number of anilines is 3. The Hall–Kier alpha value is -3.48. The van der Waals surface area contributed by atoms with E-state index in [4.69, 9.17) is 10.8 Å². The monoisotopic (exact) mass is 321 g/mol. The molecule has 7 nitrogen and oxygen atoms in total. The lowest BCUT2D eigenvalue weighted by atomic mass is 10.1. The molecule has 0 amide bonds. The average Bonchev–Trinajstić information content (AvgIpc) is 2.58. The summed E-state index contributed by atoms with van der Waals surface area (Å²) in [6, 6.07) is 14.0. The molecule has 0 bridgehead atoms. The van der Waals surface area contributed by atoms with E-state index in [1.807, 2.05) is 31.2 Å². The Morgan fingerprint density at radius 1 is 1.12 bits per heavy atom. The van der Waals surface area contributed by atoms with Crippen LogP contribution in [-0.2, 0) is 0 Å². The normalized spacial score (nSPS) is 10.4. The Morgan fingerprint density at radius 3 is 2.54 bits per heavy atom. The molecule has 3 aromatic rings. The highest BCUT2D eigenvalue weighted by Crippen LogP contribution is 2.22. The van der Waals surface area contributed by atoms with E-state index in [1.54, 1.807) is 12.1 Å². The van der Waals surface area contributed by atoms with Gasteiger partial charge in [-0.1, -0.05) is 35.9 Å². The number of benzene rings is 2. The molecule has 0 fully saturated rings. The molecule has 1 heterocycles. The van der Waals surface area contributed by atoms with Crippen molar-refractivity contribution in [2.45, 2.75) is 6.92 Å². The Labute approximate surface area is 138 Å². The van der Waals surface area contributed by atoms with Crippen molar-refractivity contribution in [2.24, 2.45) is 0 Å². The highest BCUT2D eigenvalue weighted by molar-refractivity contribution is 5.89. The fourth-order valence-electron chi connectivity index (χ4n) is 2.12. The first-order valence-corrected chi connectivity index (χ1v) is 7.20. The molecule has 0 aliphatic heterocycles. The third-order valence-corrected chi connectivity index (χ3v) is 3.40. The molecule has 0 aliphatic carbocycles. The summed E-state index contributed by atoms with van der Waals surface area (Å²) in [7, 11) is 0. The van der Waals surface area contributed by atoms with Gasteiger partial charge in [-0.3, -0.25) is 0 Å². The molecule has 0 saturated heterocycles. The lowest BCUT2D eigenvalue weighted by molar-refractivity contribution is 0.0697. The quantitative estimate of drug-likeness (QED) is 0.677. The lowest BCUT2D eigenvalue weighted by Gasteiger charge is -2.09. The van der Waals surface area contributed by atoms with E-state index in [2.05, 4.69) is 20.5 Å². The van der Waals surface area contributed by atoms with E-state index < -0.39 is 5.97 Å². The topological polar surface area (TPSA) is 114 Å². The Balaban J connectivity index is 1.86. The molecule has 0 unspecified atom stereocenters. The summed E-state index contributed by atoms with van der Waals surface area (Å²) in [4.78, 5) is 15.3. The van der Waals surface area contributed by atoms with Crippen LogP contribution < -0.4 is 11.1 Å². The molecule has 3 rings (SSSR count). The molecular weight excluding hydrogens is 306 g/mol. The molecule has 24 heavy (non-hydrogen) atoms. The van der Waals surface area contributed by atoms with Crippen LogP contribution in [0.15, 0.2) is 48.5 Å². The lowest BCUT2D eigenvalue weighted by Crippen LogP contribution is -2.06. The van der Waals surface area contributed by atoms with Gasteiger partial charge >= 0.3 is 5.97 Å². The molecule has 7 heteroatoms. The zero-order chi connectivity index (χ0) is 17.1. The number of hydrogen-bond acceptors (Lipinski definition) is 6. The molecule has 0 atom stereocenters. The molecule has 0 saturated carbocycles. The number of aromatic carboxylic acids is 1. The number of nitrogen functional groups attached to an aromatic ring is 1. The fourth-order valence-corrected chi connectivity index (χ4v) is 2.12. The molecular formula is C17H15N5O2. The molecule has 0 aliphatic rings. The van der Waals surface area contributed by atoms with Crippen LogP contribution in [0.3, 0.4) is 0 Å². The number of rotatable bonds is 4. The fraction of sp³-hybridized carbons (Fsp3) is 0.0588. The van der Waals surface area contributed by atoms with Crippen molar-refractivity contribution in [1.82, 2.24) is 15.2 Å². The number of carboxylic acid groups (broad SMARTS) is 1. The summed E-state index contributed by atoms with van der Waals surface area (Å²) in [5.41, 5.74) is 8.60. The Bertz CT molecular complexity index is 894. The van der Waals surface area contributed by atoms with Gasteiger partial charge in [-0.05, 0) is 25.1 Å². The van der Waals surface area contributed by atoms with Crippen LogP contribution in [0.25, 0.3) is 11.4 Å². The second-order valence-electron chi connectivity index (χ2n) is 5.25. The van der Waals surface area contributed by atoms with Crippen molar-refractivity contribution in [3.63, 3.8) is 0 Å². The van der Waals surface area contributed by atoms with Crippen LogP contribution in [0.1, 0.15) is 15.9 Å². The summed E-state index contributed by atoms with van der Waals surface area (Å²) >= 11 is 0. The first-order chi connectivity index (χ1) is 11.5. The third kappa shape index (κ3) is 3.30. The minimum atomic E-state index is -1.01. The van der Waals surface area contributed by atoms with Gasteiger partial charge < -0.3 is 16.2 Å². The first kappa shape index (κ1) is 15.4. The van der Waals surface area contributed by atoms with E-state index in [1.165, 1.54) is 12.1 Å². The van der Waals surface area contributed by atoms with Crippen LogP contribution in [0, 0.1) is 6.92 Å². The van der Waals surface area contributed by atoms with E-state index in [0.717, 1.165) is 11.1 Å². The number of carboxylic acids is 1. The maximum Gasteiger partial charge on any atom is 0.335 e. The van der Waals surface area contributed by atoms with Crippen molar-refractivity contribution in [2.75, 3.05) is 11.1 Å². The highest BCUT2D eigenvalue weighted by Gasteiger charge is 2.10. The predicted molar refractivity (Wildman–Crippen MR) is 91.1 cm³/mol. The van der Waals surface area contributed by atoms with E-state index in [0.29, 0.717) is 11.5 Å². The molecule has 2 aromatic carbocycles. The van der Waals surface area contributed by atoms with Gasteiger partial charge in [0.15, 0.2) is 17.5 Å². The van der Waals surface area contributed by atoms with Gasteiger partial charge in [-0.15, -0.1) is 10.2 Å². The summed E-state index contributed by atoms with van der Waals surface area (Å²) in [5, 5.41) is 20.1. The summed E-state index contributed by atoms with van der Waals surface area (Å²) in [6.45, 7) is 2.00. The van der Waals surface area contributed by atoms with E-state index in [-0.39, 0.29) is 17.2 Å². The number of aryl methyl sites for hydroxylation is 1. The van der Waals surface area contributed by atoms with Crippen molar-refractivity contribution in [3.05, 3.63) is 59.7 Å². The number of nitrogens with zero attached hydrogens (tertiary/aromatic N) is 3. The number of hydrogen-bond donors (Lipinski definition) is 3. The van der Waals surface area contributed by atoms with Crippen LogP contribution in [0.4, 0.5) is 17.3 Å². The molecule has 120 valence electrons. The summed E-state index contributed by atoms with van der Waals surface area (Å²) in [6.07, 6.45) is 0. The first-order valence-electron chi connectivity index (χ1n) is 7.20. The van der Waals surface area contributed by atoms with Crippen LogP contribution in [0.2, 0.25) is 0 Å². The molecule has 4 N–H and O–H groups in total. The van der Waals surface area contributed by atoms with E-state index in [9.17, 15) is 4.79 Å². The second-order valence-corrected chi connectivity index (χ2v) is 5.25. The van der Waals surface area contributed by atoms with Gasteiger partial charge in [0.25, 0.3) is 0 Å². The molecule has 1 aromatic heterocycles. The smallest absolute Gasteiger partial charge is 0.335 e. The molecule has 0 radical (unpaired) electrons. The van der Waals surface area contributed by atoms with Gasteiger partial charge in [0.2, 0.25) is 0 Å². The van der Waals surface area contributed by atoms with Crippen LogP contribution in [-0.4, -0.2) is 26.3 Å². The number of carbonyl (C=O) groups is 1. The summed E-state index contributed by atoms with van der Waals surface area (Å²) in [5.74, 6) is -0.127. The standard InChI is InChI=1S/C17H15N5O2/c1-10-5-7-11(8-6-10)15-20-14(18)16(22-21-15)19-13-4-2-3-12(9-13)17(23)24/h2-9H,1H3,(H,19,22)(H,23,24)(H2,18,20,21). The van der Waals surface area contributed by atoms with Gasteiger partial charge in [0.1, 0.15) is 0 Å². The summed E-state index contributed by atoms with van der Waals surface area (Å²) < 4.78 is 0. The largest absolute Gasteiger partial charge is 0.478 e. The van der Waals surface area contributed by atoms with E-state index >= 15 is 0 Å². The Kier molecular flexibility index (Phi) is 4.07. The maximum absolute atomic E-state index is 11.0. The maximum atomic E-state index is 11.0. The van der Waals surface area contributed by atoms with Gasteiger partial charge in [0.05, 0.1) is 5.56 Å². The number of aromatic nitrogens is 3. The minimum Gasteiger partial charge on any atom is -0.478 e. The number of nitrogens with two attached hydrogens (primary N) is 1. The Morgan fingerprint density at radius 2 is 1.88 bits per heavy atom. The zero-order valence-corrected chi connectivity index (χ0v) is 12.9. The van der Waals surface area contributed by atoms with Gasteiger partial charge in [0, 0.05) is 11.3 Å². The predicted octanol–water partition coefficient (Wildman–Crippen LogP) is 2.87. The van der Waals surface area contributed by atoms with Gasteiger partial charge in [-0.25, -0.2) is 9.78 Å². The minimum absolute atomic E-state index is 0.163. The van der Waals surface area contributed by atoms with Crippen LogP contribution in [0.5, 0.6) is 0 Å². The van der Waals surface area contributed by atoms with Crippen molar-refractivity contribution in [3.8, 4) is 11.4 Å². The highest BCUT2D eigenvalue weighted by atomic mass is 16.4. The van der Waals surface area contributed by atoms with Crippen molar-refractivity contribution >= 4 is 23.3 Å². The third-order valence-electron chi connectivity index (χ3n) is 3.40. The van der Waals surface area contributed by atoms with Crippen molar-refractivity contribution in [1.29, 1.82) is 0 Å². The average molecular weight is 321 g/mol.